The summed E-state index contributed by atoms with van der Waals surface area (Å²) in [5.41, 5.74) is 3.05. The molecule has 3 heteroatoms. The van der Waals surface area contributed by atoms with E-state index in [0.29, 0.717) is 11.8 Å². The molecule has 1 aliphatic rings. The first-order chi connectivity index (χ1) is 6.09. The standard InChI is InChI=1S/C10H21N3/c1-8(2)5-10-12-11-7-13(10)6-9(3)4/h8-9,11H,5-7H2,1-4H3. The lowest BCUT2D eigenvalue weighted by molar-refractivity contribution is 0.363. The van der Waals surface area contributed by atoms with Crippen molar-refractivity contribution in [2.45, 2.75) is 34.1 Å². The van der Waals surface area contributed by atoms with Crippen LogP contribution in [-0.2, 0) is 0 Å². The van der Waals surface area contributed by atoms with Crippen LogP contribution in [0.1, 0.15) is 34.1 Å². The van der Waals surface area contributed by atoms with Gasteiger partial charge in [-0.2, -0.15) is 5.10 Å². The Balaban J connectivity index is 2.43. The van der Waals surface area contributed by atoms with Crippen LogP contribution in [0, 0.1) is 11.8 Å². The Morgan fingerprint density at radius 2 is 2.00 bits per heavy atom. The maximum Gasteiger partial charge on any atom is 0.126 e. The van der Waals surface area contributed by atoms with Crippen molar-refractivity contribution >= 4 is 5.84 Å². The van der Waals surface area contributed by atoms with E-state index in [1.54, 1.807) is 0 Å². The molecule has 3 nitrogen and oxygen atoms in total. The fourth-order valence-electron chi connectivity index (χ4n) is 1.52. The third-order valence-corrected chi connectivity index (χ3v) is 2.01. The molecule has 0 unspecified atom stereocenters. The minimum absolute atomic E-state index is 0.688. The zero-order chi connectivity index (χ0) is 9.84. The van der Waals surface area contributed by atoms with Gasteiger partial charge >= 0.3 is 0 Å². The maximum absolute atomic E-state index is 4.30. The van der Waals surface area contributed by atoms with Crippen LogP contribution < -0.4 is 5.43 Å². The zero-order valence-corrected chi connectivity index (χ0v) is 9.17. The Morgan fingerprint density at radius 3 is 2.54 bits per heavy atom. The highest BCUT2D eigenvalue weighted by molar-refractivity contribution is 5.83. The summed E-state index contributed by atoms with van der Waals surface area (Å²) in [5.74, 6) is 2.62. The van der Waals surface area contributed by atoms with Gasteiger partial charge in [-0.15, -0.1) is 0 Å². The van der Waals surface area contributed by atoms with Crippen molar-refractivity contribution in [3.8, 4) is 0 Å². The smallest absolute Gasteiger partial charge is 0.126 e. The molecule has 1 heterocycles. The fourth-order valence-corrected chi connectivity index (χ4v) is 1.52. The van der Waals surface area contributed by atoms with Crippen molar-refractivity contribution in [3.05, 3.63) is 0 Å². The third kappa shape index (κ3) is 3.25. The number of nitrogens with zero attached hydrogens (tertiary/aromatic N) is 2. The van der Waals surface area contributed by atoms with Crippen LogP contribution in [0.3, 0.4) is 0 Å². The highest BCUT2D eigenvalue weighted by atomic mass is 15.5. The van der Waals surface area contributed by atoms with Crippen molar-refractivity contribution in [1.82, 2.24) is 10.3 Å². The molecule has 0 spiro atoms. The number of amidine groups is 1. The van der Waals surface area contributed by atoms with Gasteiger partial charge < -0.3 is 4.90 Å². The Kier molecular flexibility index (Phi) is 3.58. The average Bonchev–Trinajstić information content (AvgIpc) is 2.34. The van der Waals surface area contributed by atoms with Crippen molar-refractivity contribution in [2.24, 2.45) is 16.9 Å². The molecule has 0 aromatic carbocycles. The topological polar surface area (TPSA) is 27.6 Å². The normalized spacial score (nSPS) is 16.8. The minimum Gasteiger partial charge on any atom is -0.339 e. The van der Waals surface area contributed by atoms with Crippen LogP contribution in [0.2, 0.25) is 0 Å². The second-order valence-electron chi connectivity index (χ2n) is 4.56. The molecule has 0 saturated heterocycles. The molecular weight excluding hydrogens is 162 g/mol. The van der Waals surface area contributed by atoms with E-state index in [-0.39, 0.29) is 0 Å². The molecule has 1 N–H and O–H groups in total. The number of hydrazone groups is 1. The third-order valence-electron chi connectivity index (χ3n) is 2.01. The number of hydrogen-bond acceptors (Lipinski definition) is 3. The second kappa shape index (κ2) is 4.49. The lowest BCUT2D eigenvalue weighted by atomic mass is 10.1. The van der Waals surface area contributed by atoms with E-state index in [9.17, 15) is 0 Å². The molecule has 0 atom stereocenters. The molecule has 1 rings (SSSR count). The van der Waals surface area contributed by atoms with E-state index in [4.69, 9.17) is 0 Å². The fraction of sp³-hybridized carbons (Fsp3) is 0.900. The van der Waals surface area contributed by atoms with Crippen molar-refractivity contribution in [2.75, 3.05) is 13.2 Å². The molecule has 0 fully saturated rings. The van der Waals surface area contributed by atoms with Crippen LogP contribution in [0.25, 0.3) is 0 Å². The Morgan fingerprint density at radius 1 is 1.31 bits per heavy atom. The van der Waals surface area contributed by atoms with Gasteiger partial charge in [0.25, 0.3) is 0 Å². The van der Waals surface area contributed by atoms with Gasteiger partial charge in [-0.1, -0.05) is 27.7 Å². The van der Waals surface area contributed by atoms with Gasteiger partial charge in [0, 0.05) is 13.0 Å². The number of nitrogens with one attached hydrogen (secondary N) is 1. The van der Waals surface area contributed by atoms with E-state index < -0.39 is 0 Å². The predicted octanol–water partition coefficient (Wildman–Crippen LogP) is 1.86. The molecule has 0 bridgehead atoms. The molecule has 0 aliphatic carbocycles. The summed E-state index contributed by atoms with van der Waals surface area (Å²) in [4.78, 5) is 2.34. The van der Waals surface area contributed by atoms with Gasteiger partial charge in [-0.25, -0.2) is 0 Å². The summed E-state index contributed by atoms with van der Waals surface area (Å²) in [6.07, 6.45) is 1.08. The van der Waals surface area contributed by atoms with Crippen LogP contribution in [0.15, 0.2) is 5.10 Å². The first kappa shape index (κ1) is 10.4. The average molecular weight is 183 g/mol. The second-order valence-corrected chi connectivity index (χ2v) is 4.56. The van der Waals surface area contributed by atoms with Crippen LogP contribution >= 0.6 is 0 Å². The molecule has 0 radical (unpaired) electrons. The molecule has 0 amide bonds. The van der Waals surface area contributed by atoms with Crippen LogP contribution in [0.5, 0.6) is 0 Å². The van der Waals surface area contributed by atoms with E-state index in [1.165, 1.54) is 5.84 Å². The summed E-state index contributed by atoms with van der Waals surface area (Å²) in [5, 5.41) is 4.30. The summed E-state index contributed by atoms with van der Waals surface area (Å²) in [6.45, 7) is 10.9. The Hall–Kier alpha value is -0.730. The quantitative estimate of drug-likeness (QED) is 0.720. The number of rotatable bonds is 4. The van der Waals surface area contributed by atoms with Gasteiger partial charge in [-0.3, -0.25) is 5.43 Å². The molecule has 13 heavy (non-hydrogen) atoms. The van der Waals surface area contributed by atoms with E-state index in [2.05, 4.69) is 43.1 Å². The van der Waals surface area contributed by atoms with Gasteiger partial charge in [0.15, 0.2) is 0 Å². The van der Waals surface area contributed by atoms with Crippen molar-refractivity contribution < 1.29 is 0 Å². The summed E-state index contributed by atoms with van der Waals surface area (Å²) < 4.78 is 0. The number of hydrogen-bond donors (Lipinski definition) is 1. The first-order valence-corrected chi connectivity index (χ1v) is 5.14. The van der Waals surface area contributed by atoms with E-state index in [1.807, 2.05) is 0 Å². The minimum atomic E-state index is 0.688. The lowest BCUT2D eigenvalue weighted by Crippen LogP contribution is -2.33. The lowest BCUT2D eigenvalue weighted by Gasteiger charge is -2.21. The van der Waals surface area contributed by atoms with E-state index >= 15 is 0 Å². The van der Waals surface area contributed by atoms with Crippen molar-refractivity contribution in [3.63, 3.8) is 0 Å². The Bertz CT molecular complexity index is 185. The molecule has 0 aromatic heterocycles. The monoisotopic (exact) mass is 183 g/mol. The van der Waals surface area contributed by atoms with Gasteiger partial charge in [0.05, 0.1) is 0 Å². The summed E-state index contributed by atoms with van der Waals surface area (Å²) >= 11 is 0. The molecular formula is C10H21N3. The van der Waals surface area contributed by atoms with E-state index in [0.717, 1.165) is 19.6 Å². The highest BCUT2D eigenvalue weighted by Crippen LogP contribution is 2.10. The molecule has 0 saturated carbocycles. The van der Waals surface area contributed by atoms with Gasteiger partial charge in [0.1, 0.15) is 12.5 Å². The first-order valence-electron chi connectivity index (χ1n) is 5.14. The maximum atomic E-state index is 4.30. The zero-order valence-electron chi connectivity index (χ0n) is 9.17. The summed E-state index contributed by atoms with van der Waals surface area (Å²) in [7, 11) is 0. The molecule has 0 aromatic rings. The van der Waals surface area contributed by atoms with Crippen LogP contribution in [0.4, 0.5) is 0 Å². The van der Waals surface area contributed by atoms with Crippen LogP contribution in [-0.4, -0.2) is 23.9 Å². The summed E-state index contributed by atoms with van der Waals surface area (Å²) in [6, 6.07) is 0. The molecule has 76 valence electrons. The van der Waals surface area contributed by atoms with Gasteiger partial charge in [0.2, 0.25) is 0 Å². The SMILES string of the molecule is CC(C)CC1=NNCN1CC(C)C. The Labute approximate surface area is 81.2 Å². The predicted molar refractivity (Wildman–Crippen MR) is 56.4 cm³/mol. The highest BCUT2D eigenvalue weighted by Gasteiger charge is 2.17. The van der Waals surface area contributed by atoms with Crippen molar-refractivity contribution in [1.29, 1.82) is 0 Å². The van der Waals surface area contributed by atoms with Gasteiger partial charge in [-0.05, 0) is 11.8 Å². The largest absolute Gasteiger partial charge is 0.339 e. The molecule has 1 aliphatic heterocycles.